The zero-order valence-corrected chi connectivity index (χ0v) is 19.5. The molecule has 0 unspecified atom stereocenters. The molecule has 0 spiro atoms. The largest absolute Gasteiger partial charge is 0.490 e. The predicted molar refractivity (Wildman–Crippen MR) is 129 cm³/mol. The summed E-state index contributed by atoms with van der Waals surface area (Å²) in [7, 11) is 0. The third-order valence-electron chi connectivity index (χ3n) is 4.35. The first-order valence-corrected chi connectivity index (χ1v) is 11.0. The minimum atomic E-state index is -0.228. The van der Waals surface area contributed by atoms with Gasteiger partial charge in [-0.05, 0) is 60.5 Å². The smallest absolute Gasteiger partial charge is 0.244 e. The third-order valence-corrected chi connectivity index (χ3v) is 5.19. The van der Waals surface area contributed by atoms with E-state index in [4.69, 9.17) is 44.3 Å². The quantitative estimate of drug-likeness (QED) is 0.281. The van der Waals surface area contributed by atoms with Gasteiger partial charge in [0.25, 0.3) is 0 Å². The van der Waals surface area contributed by atoms with Crippen molar-refractivity contribution in [2.75, 3.05) is 6.61 Å². The van der Waals surface area contributed by atoms with Crippen LogP contribution in [-0.4, -0.2) is 18.7 Å². The number of rotatable bonds is 9. The zero-order valence-electron chi connectivity index (χ0n) is 17.3. The molecular weight excluding hydrogens is 471 g/mol. The molecule has 1 N–H and O–H groups in total. The lowest BCUT2D eigenvalue weighted by Crippen LogP contribution is -2.19. The average Bonchev–Trinajstić information content (AvgIpc) is 2.76. The molecule has 0 bridgehead atoms. The molecule has 5 nitrogen and oxygen atoms in total. The topological polar surface area (TPSA) is 59.9 Å². The van der Waals surface area contributed by atoms with Crippen molar-refractivity contribution in [3.8, 4) is 11.5 Å². The number of benzene rings is 3. The Hall–Kier alpha value is -2.73. The normalized spacial score (nSPS) is 10.9. The molecule has 3 aromatic carbocycles. The molecule has 3 aromatic rings. The van der Waals surface area contributed by atoms with Crippen molar-refractivity contribution < 1.29 is 14.3 Å². The van der Waals surface area contributed by atoms with E-state index < -0.39 is 0 Å². The van der Waals surface area contributed by atoms with Gasteiger partial charge in [0.05, 0.1) is 19.2 Å². The zero-order chi connectivity index (χ0) is 22.9. The Bertz CT molecular complexity index is 1100. The van der Waals surface area contributed by atoms with Crippen LogP contribution in [0, 0.1) is 0 Å². The van der Waals surface area contributed by atoms with Crippen LogP contribution in [0.25, 0.3) is 0 Å². The van der Waals surface area contributed by atoms with Crippen LogP contribution >= 0.6 is 34.8 Å². The Morgan fingerprint density at radius 2 is 1.69 bits per heavy atom. The number of hydrogen-bond acceptors (Lipinski definition) is 4. The first kappa shape index (κ1) is 23.9. The van der Waals surface area contributed by atoms with E-state index in [1.165, 1.54) is 0 Å². The molecule has 1 amide bonds. The first-order valence-electron chi connectivity index (χ1n) is 9.84. The van der Waals surface area contributed by atoms with Crippen LogP contribution in [0.2, 0.25) is 15.1 Å². The predicted octanol–water partition coefficient (Wildman–Crippen LogP) is 6.32. The van der Waals surface area contributed by atoms with Crippen LogP contribution in [0.1, 0.15) is 23.6 Å². The molecule has 0 atom stereocenters. The van der Waals surface area contributed by atoms with Gasteiger partial charge in [-0.25, -0.2) is 5.43 Å². The number of halogens is 3. The van der Waals surface area contributed by atoms with Gasteiger partial charge < -0.3 is 9.47 Å². The van der Waals surface area contributed by atoms with E-state index >= 15 is 0 Å². The number of carbonyl (C=O) groups is 1. The molecule has 32 heavy (non-hydrogen) atoms. The van der Waals surface area contributed by atoms with Gasteiger partial charge in [0.15, 0.2) is 11.5 Å². The Morgan fingerprint density at radius 1 is 0.938 bits per heavy atom. The third kappa shape index (κ3) is 7.16. The standard InChI is InChI=1S/C24H21Cl3N2O3/c1-2-31-23-11-17(14-28-29-24(30)12-16-3-7-19(25)8-4-16)5-10-22(23)32-15-18-6-9-20(26)13-21(18)27/h3-11,13-14H,2,12,15H2,1H3,(H,29,30)/b28-14-. The second kappa shape index (κ2) is 11.8. The molecule has 0 radical (unpaired) electrons. The van der Waals surface area contributed by atoms with Crippen molar-refractivity contribution >= 4 is 46.9 Å². The van der Waals surface area contributed by atoms with Crippen molar-refractivity contribution in [2.24, 2.45) is 5.10 Å². The van der Waals surface area contributed by atoms with Crippen LogP contribution in [0.5, 0.6) is 11.5 Å². The molecule has 0 aliphatic rings. The maximum atomic E-state index is 12.1. The van der Waals surface area contributed by atoms with E-state index in [9.17, 15) is 4.79 Å². The van der Waals surface area contributed by atoms with E-state index in [0.29, 0.717) is 33.2 Å². The summed E-state index contributed by atoms with van der Waals surface area (Å²) in [5.74, 6) is 0.907. The van der Waals surface area contributed by atoms with Gasteiger partial charge in [-0.2, -0.15) is 5.10 Å². The van der Waals surface area contributed by atoms with Gasteiger partial charge in [0.2, 0.25) is 5.91 Å². The Kier molecular flexibility index (Phi) is 8.80. The van der Waals surface area contributed by atoms with E-state index in [0.717, 1.165) is 16.7 Å². The molecule has 0 aromatic heterocycles. The Morgan fingerprint density at radius 3 is 2.41 bits per heavy atom. The molecule has 0 aliphatic heterocycles. The van der Waals surface area contributed by atoms with Gasteiger partial charge in [0.1, 0.15) is 6.61 Å². The minimum absolute atomic E-state index is 0.207. The van der Waals surface area contributed by atoms with Crippen molar-refractivity contribution in [2.45, 2.75) is 20.0 Å². The van der Waals surface area contributed by atoms with E-state index in [2.05, 4.69) is 10.5 Å². The van der Waals surface area contributed by atoms with Gasteiger partial charge in [0, 0.05) is 20.6 Å². The summed E-state index contributed by atoms with van der Waals surface area (Å²) >= 11 is 18.0. The molecule has 0 saturated carbocycles. The molecule has 166 valence electrons. The van der Waals surface area contributed by atoms with E-state index in [1.807, 2.05) is 19.1 Å². The first-order chi connectivity index (χ1) is 15.4. The molecule has 0 heterocycles. The Balaban J connectivity index is 1.61. The fourth-order valence-electron chi connectivity index (χ4n) is 2.79. The highest BCUT2D eigenvalue weighted by atomic mass is 35.5. The van der Waals surface area contributed by atoms with Gasteiger partial charge in [-0.3, -0.25) is 4.79 Å². The highest BCUT2D eigenvalue weighted by molar-refractivity contribution is 6.35. The summed E-state index contributed by atoms with van der Waals surface area (Å²) in [4.78, 5) is 12.1. The molecule has 0 saturated heterocycles. The van der Waals surface area contributed by atoms with Crippen molar-refractivity contribution in [1.82, 2.24) is 5.43 Å². The monoisotopic (exact) mass is 490 g/mol. The fourth-order valence-corrected chi connectivity index (χ4v) is 3.38. The van der Waals surface area contributed by atoms with Crippen LogP contribution in [-0.2, 0) is 17.8 Å². The molecule has 3 rings (SSSR count). The highest BCUT2D eigenvalue weighted by Gasteiger charge is 2.09. The summed E-state index contributed by atoms with van der Waals surface area (Å²) in [6, 6.07) is 17.7. The van der Waals surface area contributed by atoms with E-state index in [-0.39, 0.29) is 18.9 Å². The number of nitrogens with zero attached hydrogens (tertiary/aromatic N) is 1. The van der Waals surface area contributed by atoms with Crippen molar-refractivity contribution in [1.29, 1.82) is 0 Å². The maximum Gasteiger partial charge on any atom is 0.244 e. The number of hydrazone groups is 1. The second-order valence-electron chi connectivity index (χ2n) is 6.76. The summed E-state index contributed by atoms with van der Waals surface area (Å²) in [5.41, 5.74) is 4.93. The maximum absolute atomic E-state index is 12.1. The summed E-state index contributed by atoms with van der Waals surface area (Å²) in [6.45, 7) is 2.62. The second-order valence-corrected chi connectivity index (χ2v) is 8.04. The number of nitrogens with one attached hydrogen (secondary N) is 1. The van der Waals surface area contributed by atoms with Crippen molar-refractivity contribution in [3.05, 3.63) is 92.4 Å². The van der Waals surface area contributed by atoms with Crippen LogP contribution in [0.4, 0.5) is 0 Å². The molecular formula is C24H21Cl3N2O3. The number of amides is 1. The number of ether oxygens (including phenoxy) is 2. The molecule has 8 heteroatoms. The lowest BCUT2D eigenvalue weighted by Gasteiger charge is -2.13. The fraction of sp³-hybridized carbons (Fsp3) is 0.167. The van der Waals surface area contributed by atoms with Gasteiger partial charge in [-0.15, -0.1) is 0 Å². The van der Waals surface area contributed by atoms with Crippen LogP contribution in [0.3, 0.4) is 0 Å². The minimum Gasteiger partial charge on any atom is -0.490 e. The lowest BCUT2D eigenvalue weighted by molar-refractivity contribution is -0.120. The van der Waals surface area contributed by atoms with Gasteiger partial charge in [-0.1, -0.05) is 53.0 Å². The average molecular weight is 492 g/mol. The highest BCUT2D eigenvalue weighted by Crippen LogP contribution is 2.30. The van der Waals surface area contributed by atoms with Crippen molar-refractivity contribution in [3.63, 3.8) is 0 Å². The summed E-state index contributed by atoms with van der Waals surface area (Å²) in [5, 5.41) is 5.75. The summed E-state index contributed by atoms with van der Waals surface area (Å²) in [6.07, 6.45) is 1.75. The van der Waals surface area contributed by atoms with Crippen LogP contribution < -0.4 is 14.9 Å². The SMILES string of the molecule is CCOc1cc(/C=N\NC(=O)Cc2ccc(Cl)cc2)ccc1OCc1ccc(Cl)cc1Cl. The summed E-state index contributed by atoms with van der Waals surface area (Å²) < 4.78 is 11.6. The van der Waals surface area contributed by atoms with Crippen LogP contribution in [0.15, 0.2) is 65.8 Å². The molecule has 0 aliphatic carbocycles. The van der Waals surface area contributed by atoms with Gasteiger partial charge >= 0.3 is 0 Å². The number of hydrogen-bond donors (Lipinski definition) is 1. The Labute approximate surface area is 201 Å². The number of carbonyl (C=O) groups excluding carboxylic acids is 1. The molecule has 0 fully saturated rings. The lowest BCUT2D eigenvalue weighted by atomic mass is 10.1. The van der Waals surface area contributed by atoms with E-state index in [1.54, 1.807) is 54.7 Å².